The van der Waals surface area contributed by atoms with Gasteiger partial charge >= 0.3 is 6.03 Å². The van der Waals surface area contributed by atoms with Crippen LogP contribution in [0.15, 0.2) is 28.3 Å². The number of amides is 2. The third-order valence-electron chi connectivity index (χ3n) is 1.18. The van der Waals surface area contributed by atoms with E-state index < -0.39 is 6.03 Å². The van der Waals surface area contributed by atoms with E-state index in [9.17, 15) is 4.79 Å². The number of carbonyl (C=O) groups is 1. The van der Waals surface area contributed by atoms with Gasteiger partial charge in [-0.2, -0.15) is 9.98 Å². The SMILES string of the molecule is Cl.Cl.O=C1N=c2cccnc2=N1. The molecule has 1 aromatic heterocycles. The third-order valence-corrected chi connectivity index (χ3v) is 1.18. The van der Waals surface area contributed by atoms with Gasteiger partial charge in [0.2, 0.25) is 0 Å². The highest BCUT2D eigenvalue weighted by Crippen LogP contribution is 1.80. The summed E-state index contributed by atoms with van der Waals surface area (Å²) in [5.41, 5.74) is 0.424. The van der Waals surface area contributed by atoms with E-state index in [4.69, 9.17) is 0 Å². The molecule has 2 rings (SSSR count). The maximum Gasteiger partial charge on any atom is 0.369 e. The van der Waals surface area contributed by atoms with Crippen LogP contribution in [0, 0.1) is 0 Å². The van der Waals surface area contributed by atoms with E-state index >= 15 is 0 Å². The average Bonchev–Trinajstić information content (AvgIpc) is 2.27. The van der Waals surface area contributed by atoms with Crippen LogP contribution in [0.2, 0.25) is 0 Å². The molecule has 0 spiro atoms. The van der Waals surface area contributed by atoms with Crippen LogP contribution in [0.5, 0.6) is 0 Å². The Bertz CT molecular complexity index is 366. The Morgan fingerprint density at radius 3 is 2.58 bits per heavy atom. The molecule has 0 atom stereocenters. The number of carbonyl (C=O) groups excluding carboxylic acids is 1. The highest BCUT2D eigenvalue weighted by atomic mass is 35.5. The van der Waals surface area contributed by atoms with Gasteiger partial charge in [-0.15, -0.1) is 24.8 Å². The molecular formula is C6H5Cl2N3O. The molecule has 6 heteroatoms. The molecule has 0 N–H and O–H groups in total. The second-order valence-corrected chi connectivity index (χ2v) is 1.85. The lowest BCUT2D eigenvalue weighted by atomic mass is 10.5. The van der Waals surface area contributed by atoms with Gasteiger partial charge in [0.1, 0.15) is 5.36 Å². The van der Waals surface area contributed by atoms with Crippen LogP contribution in [0.25, 0.3) is 0 Å². The summed E-state index contributed by atoms with van der Waals surface area (Å²) < 4.78 is 0. The van der Waals surface area contributed by atoms with E-state index in [2.05, 4.69) is 15.0 Å². The molecule has 0 saturated carbocycles. The molecule has 1 aliphatic rings. The molecule has 1 aliphatic heterocycles. The first-order chi connectivity index (χ1) is 4.86. The van der Waals surface area contributed by atoms with Crippen molar-refractivity contribution in [3.8, 4) is 0 Å². The van der Waals surface area contributed by atoms with Crippen LogP contribution < -0.4 is 10.8 Å². The summed E-state index contributed by atoms with van der Waals surface area (Å²) in [5, 5.41) is 0.563. The summed E-state index contributed by atoms with van der Waals surface area (Å²) in [7, 11) is 0. The molecule has 0 fully saturated rings. The van der Waals surface area contributed by atoms with E-state index in [0.29, 0.717) is 10.8 Å². The summed E-state index contributed by atoms with van der Waals surface area (Å²) in [6.07, 6.45) is 1.58. The number of hydrogen-bond donors (Lipinski definition) is 0. The fraction of sp³-hybridized carbons (Fsp3) is 0. The molecule has 1 aromatic rings. The zero-order valence-corrected chi connectivity index (χ0v) is 7.43. The summed E-state index contributed by atoms with van der Waals surface area (Å²) in [5.74, 6) is 0. The lowest BCUT2D eigenvalue weighted by molar-refractivity contribution is 0.256. The standard InChI is InChI=1S/C6H3N3O.2ClH/c10-6-8-4-2-1-3-7-5(4)9-6;;/h1-3H;2*1H. The largest absolute Gasteiger partial charge is 0.369 e. The summed E-state index contributed by atoms with van der Waals surface area (Å²) in [6, 6.07) is 2.96. The van der Waals surface area contributed by atoms with E-state index in [1.54, 1.807) is 18.3 Å². The van der Waals surface area contributed by atoms with Crippen molar-refractivity contribution < 1.29 is 4.79 Å². The van der Waals surface area contributed by atoms with Crippen molar-refractivity contribution in [2.45, 2.75) is 0 Å². The first-order valence-electron chi connectivity index (χ1n) is 2.79. The number of aromatic nitrogens is 1. The molecule has 12 heavy (non-hydrogen) atoms. The predicted molar refractivity (Wildman–Crippen MR) is 46.4 cm³/mol. The highest BCUT2D eigenvalue weighted by Gasteiger charge is 2.02. The van der Waals surface area contributed by atoms with E-state index in [0.717, 1.165) is 0 Å². The minimum Gasteiger partial charge on any atom is -0.244 e. The van der Waals surface area contributed by atoms with Gasteiger partial charge in [0.05, 0.1) is 0 Å². The van der Waals surface area contributed by atoms with Crippen LogP contribution in [-0.4, -0.2) is 11.0 Å². The second kappa shape index (κ2) is 4.13. The molecule has 0 saturated heterocycles. The van der Waals surface area contributed by atoms with Gasteiger partial charge < -0.3 is 0 Å². The van der Waals surface area contributed by atoms with Gasteiger partial charge in [-0.3, -0.25) is 0 Å². The summed E-state index contributed by atoms with van der Waals surface area (Å²) >= 11 is 0. The molecule has 0 aromatic carbocycles. The van der Waals surface area contributed by atoms with Gasteiger partial charge in [-0.1, -0.05) is 0 Å². The van der Waals surface area contributed by atoms with Crippen molar-refractivity contribution in [3.05, 3.63) is 29.2 Å². The topological polar surface area (TPSA) is 54.7 Å². The first-order valence-corrected chi connectivity index (χ1v) is 2.79. The lowest BCUT2D eigenvalue weighted by Gasteiger charge is -1.74. The lowest BCUT2D eigenvalue weighted by Crippen LogP contribution is -2.23. The molecule has 4 nitrogen and oxygen atoms in total. The number of pyridine rings is 1. The molecule has 2 heterocycles. The minimum atomic E-state index is -0.464. The van der Waals surface area contributed by atoms with Crippen LogP contribution in [-0.2, 0) is 0 Å². The van der Waals surface area contributed by atoms with Gasteiger partial charge in [0.15, 0.2) is 5.49 Å². The Hall–Kier alpha value is -1.00. The maximum absolute atomic E-state index is 10.5. The second-order valence-electron chi connectivity index (χ2n) is 1.85. The van der Waals surface area contributed by atoms with Crippen LogP contribution in [0.3, 0.4) is 0 Å². The molecule has 0 aliphatic carbocycles. The normalized spacial score (nSPS) is 11.5. The van der Waals surface area contributed by atoms with Gasteiger partial charge in [-0.25, -0.2) is 9.78 Å². The van der Waals surface area contributed by atoms with Crippen molar-refractivity contribution in [1.82, 2.24) is 4.98 Å². The fourth-order valence-electron chi connectivity index (χ4n) is 0.781. The zero-order chi connectivity index (χ0) is 6.97. The number of hydrogen-bond acceptors (Lipinski definition) is 2. The summed E-state index contributed by atoms with van der Waals surface area (Å²) in [4.78, 5) is 21.5. The maximum atomic E-state index is 10.5. The molecular weight excluding hydrogens is 201 g/mol. The van der Waals surface area contributed by atoms with Crippen LogP contribution in [0.1, 0.15) is 0 Å². The van der Waals surface area contributed by atoms with Gasteiger partial charge in [0, 0.05) is 6.20 Å². The Kier molecular flexibility index (Phi) is 3.79. The number of urea groups is 1. The number of nitrogens with zero attached hydrogens (tertiary/aromatic N) is 3. The van der Waals surface area contributed by atoms with E-state index in [-0.39, 0.29) is 24.8 Å². The molecule has 0 radical (unpaired) electrons. The monoisotopic (exact) mass is 205 g/mol. The Balaban J connectivity index is 0.000000605. The Labute approximate surface area is 80.3 Å². The first kappa shape index (κ1) is 11.0. The van der Waals surface area contributed by atoms with Crippen molar-refractivity contribution in [3.63, 3.8) is 0 Å². The van der Waals surface area contributed by atoms with Crippen LogP contribution in [0.4, 0.5) is 4.79 Å². The molecule has 64 valence electrons. The predicted octanol–water partition coefficient (Wildman–Crippen LogP) is 0.298. The van der Waals surface area contributed by atoms with Crippen molar-refractivity contribution >= 4 is 30.8 Å². The molecule has 0 bridgehead atoms. The van der Waals surface area contributed by atoms with E-state index in [1.165, 1.54) is 0 Å². The zero-order valence-electron chi connectivity index (χ0n) is 5.80. The average molecular weight is 206 g/mol. The van der Waals surface area contributed by atoms with Crippen LogP contribution >= 0.6 is 24.8 Å². The number of rotatable bonds is 0. The summed E-state index contributed by atoms with van der Waals surface area (Å²) in [6.45, 7) is 0. The Morgan fingerprint density at radius 2 is 1.92 bits per heavy atom. The van der Waals surface area contributed by atoms with Crippen molar-refractivity contribution in [2.75, 3.05) is 0 Å². The minimum absolute atomic E-state index is 0. The van der Waals surface area contributed by atoms with Crippen molar-refractivity contribution in [1.29, 1.82) is 0 Å². The van der Waals surface area contributed by atoms with E-state index in [1.807, 2.05) is 0 Å². The number of halogens is 2. The number of fused-ring (bicyclic) bond motifs is 1. The quantitative estimate of drug-likeness (QED) is 0.612. The fourth-order valence-corrected chi connectivity index (χ4v) is 0.781. The van der Waals surface area contributed by atoms with Gasteiger partial charge in [-0.05, 0) is 12.1 Å². The van der Waals surface area contributed by atoms with Gasteiger partial charge in [0.25, 0.3) is 0 Å². The molecule has 2 amide bonds. The smallest absolute Gasteiger partial charge is 0.244 e. The highest BCUT2D eigenvalue weighted by molar-refractivity contribution is 5.85. The molecule has 0 unspecified atom stereocenters. The Morgan fingerprint density at radius 1 is 1.17 bits per heavy atom. The van der Waals surface area contributed by atoms with Crippen molar-refractivity contribution in [2.24, 2.45) is 9.98 Å². The third kappa shape index (κ3) is 1.78.